The molecule has 33 heavy (non-hydrogen) atoms. The highest BCUT2D eigenvalue weighted by Crippen LogP contribution is 2.26. The molecule has 0 unspecified atom stereocenters. The van der Waals surface area contributed by atoms with Crippen LogP contribution in [0.4, 0.5) is 5.82 Å². The summed E-state index contributed by atoms with van der Waals surface area (Å²) in [4.78, 5) is 41.0. The van der Waals surface area contributed by atoms with E-state index in [1.165, 1.54) is 17.5 Å². The Morgan fingerprint density at radius 3 is 2.94 bits per heavy atom. The first-order chi connectivity index (χ1) is 16.0. The Bertz CT molecular complexity index is 1270. The van der Waals surface area contributed by atoms with E-state index in [0.717, 1.165) is 31.6 Å². The van der Waals surface area contributed by atoms with Crippen LogP contribution in [0.25, 0.3) is 16.2 Å². The number of carbonyl (C=O) groups is 1. The zero-order valence-corrected chi connectivity index (χ0v) is 18.9. The minimum atomic E-state index is -1.28. The normalized spacial score (nSPS) is 18.3. The minimum absolute atomic E-state index is 0.113. The van der Waals surface area contributed by atoms with Crippen molar-refractivity contribution in [3.8, 4) is 5.13 Å². The Morgan fingerprint density at radius 2 is 2.24 bits per heavy atom. The summed E-state index contributed by atoms with van der Waals surface area (Å²) in [6.07, 6.45) is 6.30. The Balaban J connectivity index is 1.41. The molecule has 3 aromatic rings. The lowest BCUT2D eigenvalue weighted by molar-refractivity contribution is -0.0398. The molecule has 0 saturated carbocycles. The molecule has 1 atom stereocenters. The highest BCUT2D eigenvalue weighted by molar-refractivity contribution is 7.12. The quantitative estimate of drug-likeness (QED) is 0.547. The van der Waals surface area contributed by atoms with Gasteiger partial charge in [-0.25, -0.2) is 14.8 Å². The summed E-state index contributed by atoms with van der Waals surface area (Å²) in [6, 6.07) is 1.80. The molecule has 0 bridgehead atoms. The van der Waals surface area contributed by atoms with E-state index < -0.39 is 11.4 Å². The lowest BCUT2D eigenvalue weighted by Crippen LogP contribution is -2.48. The van der Waals surface area contributed by atoms with Crippen LogP contribution < -0.4 is 10.3 Å². The van der Waals surface area contributed by atoms with Crippen LogP contribution in [0.1, 0.15) is 35.2 Å². The van der Waals surface area contributed by atoms with Crippen molar-refractivity contribution in [1.29, 1.82) is 0 Å². The van der Waals surface area contributed by atoms with Crippen molar-refractivity contribution in [2.75, 3.05) is 31.2 Å². The largest absolute Gasteiger partial charge is 0.477 e. The van der Waals surface area contributed by atoms with Crippen LogP contribution >= 0.6 is 11.3 Å². The van der Waals surface area contributed by atoms with Gasteiger partial charge in [0.1, 0.15) is 18.0 Å². The molecule has 2 aliphatic heterocycles. The van der Waals surface area contributed by atoms with Gasteiger partial charge in [0.05, 0.1) is 30.3 Å². The second-order valence-electron chi connectivity index (χ2n) is 8.16. The maximum Gasteiger partial charge on any atom is 0.341 e. The fraction of sp³-hybridized carbons (Fsp3) is 0.409. The zero-order chi connectivity index (χ0) is 22.9. The van der Waals surface area contributed by atoms with E-state index in [1.54, 1.807) is 29.1 Å². The Morgan fingerprint density at radius 1 is 1.39 bits per heavy atom. The van der Waals surface area contributed by atoms with Crippen molar-refractivity contribution in [2.45, 2.75) is 32.3 Å². The monoisotopic (exact) mass is 469 g/mol. The maximum atomic E-state index is 12.9. The van der Waals surface area contributed by atoms with Gasteiger partial charge in [-0.15, -0.1) is 11.3 Å². The molecule has 10 nitrogen and oxygen atoms in total. The smallest absolute Gasteiger partial charge is 0.341 e. The minimum Gasteiger partial charge on any atom is -0.477 e. The number of fused-ring (bicyclic) bond motifs is 1. The third kappa shape index (κ3) is 4.21. The summed E-state index contributed by atoms with van der Waals surface area (Å²) in [5.41, 5.74) is 1.08. The number of aromatic carboxylic acids is 1. The maximum absolute atomic E-state index is 12.9. The first kappa shape index (κ1) is 21.5. The summed E-state index contributed by atoms with van der Waals surface area (Å²) in [6.45, 7) is 4.17. The van der Waals surface area contributed by atoms with Gasteiger partial charge in [-0.1, -0.05) is 5.16 Å². The van der Waals surface area contributed by atoms with Gasteiger partial charge in [0, 0.05) is 24.4 Å². The molecule has 172 valence electrons. The highest BCUT2D eigenvalue weighted by Gasteiger charge is 2.27. The van der Waals surface area contributed by atoms with Gasteiger partial charge in [0.25, 0.3) is 0 Å². The van der Waals surface area contributed by atoms with Crippen molar-refractivity contribution >= 4 is 39.9 Å². The fourth-order valence-electron chi connectivity index (χ4n) is 4.04. The molecule has 0 aromatic carbocycles. The summed E-state index contributed by atoms with van der Waals surface area (Å²) in [5, 5.41) is 16.3. The lowest BCUT2D eigenvalue weighted by atomic mass is 10.1. The van der Waals surface area contributed by atoms with Gasteiger partial charge in [-0.2, -0.15) is 0 Å². The molecule has 0 aliphatic carbocycles. The van der Waals surface area contributed by atoms with E-state index in [4.69, 9.17) is 14.6 Å². The van der Waals surface area contributed by atoms with Crippen molar-refractivity contribution in [2.24, 2.45) is 5.16 Å². The predicted octanol–water partition coefficient (Wildman–Crippen LogP) is 2.61. The molecule has 2 saturated heterocycles. The molecule has 11 heteroatoms. The van der Waals surface area contributed by atoms with Crippen molar-refractivity contribution < 1.29 is 19.5 Å². The number of ether oxygens (including phenoxy) is 1. The number of aromatic nitrogens is 3. The number of thiazole rings is 1. The number of rotatable bonds is 6. The number of carboxylic acid groups (broad SMARTS) is 1. The molecule has 1 N–H and O–H groups in total. The summed E-state index contributed by atoms with van der Waals surface area (Å²) < 4.78 is 7.22. The molecule has 0 spiro atoms. The summed E-state index contributed by atoms with van der Waals surface area (Å²) >= 11 is 1.34. The van der Waals surface area contributed by atoms with Crippen LogP contribution in [0.15, 0.2) is 33.8 Å². The zero-order valence-electron chi connectivity index (χ0n) is 18.1. The van der Waals surface area contributed by atoms with E-state index in [0.29, 0.717) is 41.9 Å². The molecule has 0 amide bonds. The third-order valence-electron chi connectivity index (χ3n) is 5.80. The molecule has 2 fully saturated rings. The van der Waals surface area contributed by atoms with Crippen molar-refractivity contribution in [3.05, 3.63) is 45.2 Å². The molecule has 5 heterocycles. The molecular weight excluding hydrogens is 446 g/mol. The topological polar surface area (TPSA) is 119 Å². The third-order valence-corrected chi connectivity index (χ3v) is 6.57. The van der Waals surface area contributed by atoms with Crippen molar-refractivity contribution in [3.63, 3.8) is 0 Å². The standard InChI is InChI=1S/C22H23N5O5S/c1-13-8-17(26-9-14(10-26)25-32-12-15-4-2-3-6-31-15)24-20-18(13)19(28)16(21(29)30)11-27(20)22-23-5-7-33-22/h5,7-8,11,15H,2-4,6,9-10,12H2,1H3,(H,29,30)/t15-/m1/s1. The number of hydrogen-bond donors (Lipinski definition) is 1. The second kappa shape index (κ2) is 8.91. The molecule has 2 aliphatic rings. The second-order valence-corrected chi connectivity index (χ2v) is 9.03. The van der Waals surface area contributed by atoms with Crippen LogP contribution in [0.2, 0.25) is 0 Å². The van der Waals surface area contributed by atoms with Crippen LogP contribution in [0.5, 0.6) is 0 Å². The van der Waals surface area contributed by atoms with Gasteiger partial charge >= 0.3 is 5.97 Å². The van der Waals surface area contributed by atoms with Crippen molar-refractivity contribution in [1.82, 2.24) is 14.5 Å². The van der Waals surface area contributed by atoms with Gasteiger partial charge in [-0.3, -0.25) is 9.36 Å². The number of aryl methyl sites for hydroxylation is 1. The number of hydrogen-bond acceptors (Lipinski definition) is 9. The number of anilines is 1. The van der Waals surface area contributed by atoms with E-state index >= 15 is 0 Å². The molecule has 0 radical (unpaired) electrons. The van der Waals surface area contributed by atoms with Gasteiger partial charge in [0.2, 0.25) is 5.43 Å². The van der Waals surface area contributed by atoms with E-state index in [1.807, 2.05) is 4.90 Å². The van der Waals surface area contributed by atoms with E-state index in [-0.39, 0.29) is 17.1 Å². The van der Waals surface area contributed by atoms with E-state index in [9.17, 15) is 14.7 Å². The lowest BCUT2D eigenvalue weighted by Gasteiger charge is -2.33. The van der Waals surface area contributed by atoms with E-state index in [2.05, 4.69) is 10.1 Å². The number of oxime groups is 1. The SMILES string of the molecule is Cc1cc(N2CC(=NOC[C@H]3CCCCO3)C2)nc2c1c(=O)c(C(=O)O)cn2-c1nccs1. The number of nitrogens with zero attached hydrogens (tertiary/aromatic N) is 5. The van der Waals surface area contributed by atoms with Gasteiger partial charge < -0.3 is 19.6 Å². The first-order valence-corrected chi connectivity index (χ1v) is 11.6. The highest BCUT2D eigenvalue weighted by atomic mass is 32.1. The molecule has 3 aromatic heterocycles. The van der Waals surface area contributed by atoms with Crippen LogP contribution in [-0.2, 0) is 9.57 Å². The molecule has 5 rings (SSSR count). The van der Waals surface area contributed by atoms with Crippen LogP contribution in [0, 0.1) is 6.92 Å². The Kier molecular flexibility index (Phi) is 5.81. The fourth-order valence-corrected chi connectivity index (χ4v) is 4.65. The predicted molar refractivity (Wildman–Crippen MR) is 124 cm³/mol. The first-order valence-electron chi connectivity index (χ1n) is 10.8. The van der Waals surface area contributed by atoms with Gasteiger partial charge in [-0.05, 0) is 37.8 Å². The molecular formula is C22H23N5O5S. The number of carboxylic acids is 1. The Labute approximate surface area is 193 Å². The Hall–Kier alpha value is -3.31. The summed E-state index contributed by atoms with van der Waals surface area (Å²) in [5.74, 6) is -0.597. The number of pyridine rings is 2. The van der Waals surface area contributed by atoms with Crippen LogP contribution in [0.3, 0.4) is 0 Å². The van der Waals surface area contributed by atoms with Gasteiger partial charge in [0.15, 0.2) is 10.8 Å². The average Bonchev–Trinajstić information content (AvgIpc) is 3.30. The average molecular weight is 470 g/mol. The summed E-state index contributed by atoms with van der Waals surface area (Å²) in [7, 11) is 0. The van der Waals surface area contributed by atoms with Crippen LogP contribution in [-0.4, -0.2) is 63.7 Å².